The minimum absolute atomic E-state index is 0.0551. The third kappa shape index (κ3) is 5.62. The fourth-order valence-electron chi connectivity index (χ4n) is 1.45. The van der Waals surface area contributed by atoms with Gasteiger partial charge in [-0.15, -0.1) is 0 Å². The van der Waals surface area contributed by atoms with E-state index >= 15 is 0 Å². The van der Waals surface area contributed by atoms with Crippen LogP contribution in [-0.2, 0) is 9.59 Å². The highest BCUT2D eigenvalue weighted by Crippen LogP contribution is 2.24. The van der Waals surface area contributed by atoms with E-state index in [0.29, 0.717) is 6.42 Å². The molecule has 0 spiro atoms. The summed E-state index contributed by atoms with van der Waals surface area (Å²) >= 11 is 0. The molecule has 0 aromatic heterocycles. The van der Waals surface area contributed by atoms with Crippen molar-refractivity contribution in [2.75, 3.05) is 0 Å². The first kappa shape index (κ1) is 15.8. The van der Waals surface area contributed by atoms with Crippen molar-refractivity contribution >= 4 is 11.6 Å². The quantitative estimate of drug-likeness (QED) is 0.364. The lowest BCUT2D eigenvalue weighted by molar-refractivity contribution is -0.137. The zero-order valence-corrected chi connectivity index (χ0v) is 11.5. The minimum atomic E-state index is -0.838. The molecule has 17 heavy (non-hydrogen) atoms. The Hall–Kier alpha value is -1.18. The smallest absolute Gasteiger partial charge is 0.143 e. The average Bonchev–Trinajstić information content (AvgIpc) is 2.27. The van der Waals surface area contributed by atoms with E-state index in [9.17, 15) is 9.59 Å². The Bertz CT molecular complexity index is 297. The molecule has 0 N–H and O–H groups in total. The molecule has 2 heteroatoms. The van der Waals surface area contributed by atoms with Gasteiger partial charge in [-0.05, 0) is 46.5 Å². The van der Waals surface area contributed by atoms with Gasteiger partial charge in [0.05, 0.1) is 5.41 Å². The molecule has 0 heterocycles. The van der Waals surface area contributed by atoms with Gasteiger partial charge in [0.2, 0.25) is 0 Å². The SMILES string of the molecule is CC/C=C\CC/C=C/CC(C)(C(C)=O)C(C)=O. The summed E-state index contributed by atoms with van der Waals surface area (Å²) in [6, 6.07) is 0. The number of carbonyl (C=O) groups excluding carboxylic acids is 2. The van der Waals surface area contributed by atoms with Gasteiger partial charge in [-0.3, -0.25) is 9.59 Å². The summed E-state index contributed by atoms with van der Waals surface area (Å²) in [5.41, 5.74) is -0.838. The van der Waals surface area contributed by atoms with Gasteiger partial charge in [-0.2, -0.15) is 0 Å². The summed E-state index contributed by atoms with van der Waals surface area (Å²) in [6.07, 6.45) is 11.8. The van der Waals surface area contributed by atoms with Crippen molar-refractivity contribution in [3.8, 4) is 0 Å². The number of allylic oxidation sites excluding steroid dienone is 4. The third-order valence-electron chi connectivity index (χ3n) is 3.15. The number of carbonyl (C=O) groups is 2. The molecule has 0 rings (SSSR count). The number of ketones is 2. The van der Waals surface area contributed by atoms with Crippen LogP contribution in [0.5, 0.6) is 0 Å². The van der Waals surface area contributed by atoms with Crippen LogP contribution in [-0.4, -0.2) is 11.6 Å². The second kappa shape index (κ2) is 7.99. The first-order valence-corrected chi connectivity index (χ1v) is 6.27. The van der Waals surface area contributed by atoms with Crippen LogP contribution < -0.4 is 0 Å². The largest absolute Gasteiger partial charge is 0.299 e. The molecule has 0 aromatic carbocycles. The summed E-state index contributed by atoms with van der Waals surface area (Å²) in [5.74, 6) is -0.110. The van der Waals surface area contributed by atoms with Gasteiger partial charge in [0.25, 0.3) is 0 Å². The maximum atomic E-state index is 11.4. The Balaban J connectivity index is 4.15. The summed E-state index contributed by atoms with van der Waals surface area (Å²) in [7, 11) is 0. The average molecular weight is 236 g/mol. The fourth-order valence-corrected chi connectivity index (χ4v) is 1.45. The van der Waals surface area contributed by atoms with E-state index in [-0.39, 0.29) is 11.6 Å². The van der Waals surface area contributed by atoms with Crippen LogP contribution in [0.4, 0.5) is 0 Å². The lowest BCUT2D eigenvalue weighted by Crippen LogP contribution is -2.32. The number of unbranched alkanes of at least 4 members (excludes halogenated alkanes) is 1. The second-order valence-electron chi connectivity index (χ2n) is 4.58. The van der Waals surface area contributed by atoms with Crippen molar-refractivity contribution in [1.82, 2.24) is 0 Å². The monoisotopic (exact) mass is 236 g/mol. The van der Waals surface area contributed by atoms with Crippen LogP contribution >= 0.6 is 0 Å². The molecule has 0 saturated carbocycles. The number of hydrogen-bond donors (Lipinski definition) is 0. The van der Waals surface area contributed by atoms with Crippen LogP contribution in [0, 0.1) is 5.41 Å². The van der Waals surface area contributed by atoms with Crippen molar-refractivity contribution < 1.29 is 9.59 Å². The van der Waals surface area contributed by atoms with Crippen LogP contribution in [0.25, 0.3) is 0 Å². The second-order valence-corrected chi connectivity index (χ2v) is 4.58. The molecule has 0 aromatic rings. The van der Waals surface area contributed by atoms with Gasteiger partial charge in [0, 0.05) is 0 Å². The molecular formula is C15H24O2. The molecule has 0 atom stereocenters. The Kier molecular flexibility index (Phi) is 7.44. The Morgan fingerprint density at radius 1 is 0.941 bits per heavy atom. The van der Waals surface area contributed by atoms with E-state index in [4.69, 9.17) is 0 Å². The molecule has 0 aliphatic rings. The standard InChI is InChI=1S/C15H24O2/c1-5-6-7-8-9-10-11-12-15(4,13(2)16)14(3)17/h6-7,10-11H,5,8-9,12H2,1-4H3/b7-6-,11-10+. The lowest BCUT2D eigenvalue weighted by Gasteiger charge is -2.21. The van der Waals surface area contributed by atoms with E-state index in [2.05, 4.69) is 19.1 Å². The van der Waals surface area contributed by atoms with E-state index in [1.165, 1.54) is 13.8 Å². The summed E-state index contributed by atoms with van der Waals surface area (Å²) in [5, 5.41) is 0. The first-order valence-electron chi connectivity index (χ1n) is 6.27. The minimum Gasteiger partial charge on any atom is -0.299 e. The molecule has 0 radical (unpaired) electrons. The predicted octanol–water partition coefficient (Wildman–Crippen LogP) is 3.86. The zero-order chi connectivity index (χ0) is 13.3. The Labute approximate surface area is 105 Å². The van der Waals surface area contributed by atoms with Crippen molar-refractivity contribution in [3.63, 3.8) is 0 Å². The molecule has 0 amide bonds. The molecule has 2 nitrogen and oxygen atoms in total. The van der Waals surface area contributed by atoms with Gasteiger partial charge in [-0.1, -0.05) is 31.2 Å². The van der Waals surface area contributed by atoms with Gasteiger partial charge < -0.3 is 0 Å². The number of Topliss-reactive ketones (excluding diaryl/α,β-unsaturated/α-hetero) is 2. The molecule has 0 aliphatic carbocycles. The maximum absolute atomic E-state index is 11.4. The molecule has 96 valence electrons. The van der Waals surface area contributed by atoms with Crippen LogP contribution in [0.3, 0.4) is 0 Å². The van der Waals surface area contributed by atoms with E-state index in [1.54, 1.807) is 6.92 Å². The molecule has 0 fully saturated rings. The Morgan fingerprint density at radius 3 is 1.82 bits per heavy atom. The van der Waals surface area contributed by atoms with E-state index in [0.717, 1.165) is 19.3 Å². The highest BCUT2D eigenvalue weighted by atomic mass is 16.2. The fraction of sp³-hybridized carbons (Fsp3) is 0.600. The van der Waals surface area contributed by atoms with E-state index in [1.807, 2.05) is 12.2 Å². The van der Waals surface area contributed by atoms with Crippen LogP contribution in [0.2, 0.25) is 0 Å². The zero-order valence-electron chi connectivity index (χ0n) is 11.5. The summed E-state index contributed by atoms with van der Waals surface area (Å²) < 4.78 is 0. The first-order chi connectivity index (χ1) is 7.95. The third-order valence-corrected chi connectivity index (χ3v) is 3.15. The normalized spacial score (nSPS) is 12.5. The Morgan fingerprint density at radius 2 is 1.41 bits per heavy atom. The highest BCUT2D eigenvalue weighted by molar-refractivity contribution is 6.04. The number of rotatable bonds is 8. The van der Waals surface area contributed by atoms with Crippen molar-refractivity contribution in [2.24, 2.45) is 5.41 Å². The van der Waals surface area contributed by atoms with E-state index < -0.39 is 5.41 Å². The number of hydrogen-bond acceptors (Lipinski definition) is 2. The van der Waals surface area contributed by atoms with Gasteiger partial charge in [0.15, 0.2) is 0 Å². The lowest BCUT2D eigenvalue weighted by atomic mass is 9.79. The van der Waals surface area contributed by atoms with Gasteiger partial charge >= 0.3 is 0 Å². The van der Waals surface area contributed by atoms with Gasteiger partial charge in [0.1, 0.15) is 11.6 Å². The molecule has 0 bridgehead atoms. The maximum Gasteiger partial charge on any atom is 0.143 e. The molecule has 0 aliphatic heterocycles. The molecule has 0 unspecified atom stereocenters. The van der Waals surface area contributed by atoms with Gasteiger partial charge in [-0.25, -0.2) is 0 Å². The topological polar surface area (TPSA) is 34.1 Å². The highest BCUT2D eigenvalue weighted by Gasteiger charge is 2.33. The van der Waals surface area contributed by atoms with Crippen molar-refractivity contribution in [3.05, 3.63) is 24.3 Å². The van der Waals surface area contributed by atoms with Crippen LogP contribution in [0.15, 0.2) is 24.3 Å². The predicted molar refractivity (Wildman–Crippen MR) is 71.9 cm³/mol. The summed E-state index contributed by atoms with van der Waals surface area (Å²) in [4.78, 5) is 22.9. The van der Waals surface area contributed by atoms with Crippen molar-refractivity contribution in [2.45, 2.75) is 53.4 Å². The molecule has 0 saturated heterocycles. The van der Waals surface area contributed by atoms with Crippen LogP contribution in [0.1, 0.15) is 53.4 Å². The van der Waals surface area contributed by atoms with Crippen molar-refractivity contribution in [1.29, 1.82) is 0 Å². The summed E-state index contributed by atoms with van der Waals surface area (Å²) in [6.45, 7) is 6.80. The molecular weight excluding hydrogens is 212 g/mol.